The minimum Gasteiger partial charge on any atom is -0.423 e. The number of nitrogens with zero attached hydrogens (tertiary/aromatic N) is 1. The van der Waals surface area contributed by atoms with Crippen molar-refractivity contribution >= 4 is 29.5 Å². The smallest absolute Gasteiger partial charge is 0.343 e. The lowest BCUT2D eigenvalue weighted by molar-refractivity contribution is -0.139. The molecule has 0 aromatic heterocycles. The fourth-order valence-electron chi connectivity index (χ4n) is 2.95. The number of urea groups is 1. The van der Waals surface area contributed by atoms with Gasteiger partial charge in [-0.05, 0) is 36.2 Å². The van der Waals surface area contributed by atoms with Gasteiger partial charge in [0, 0.05) is 31.1 Å². The number of anilines is 1. The van der Waals surface area contributed by atoms with Crippen molar-refractivity contribution < 1.29 is 23.9 Å². The highest BCUT2D eigenvalue weighted by atomic mass is 16.5. The molecule has 30 heavy (non-hydrogen) atoms. The van der Waals surface area contributed by atoms with Crippen molar-refractivity contribution in [3.8, 4) is 5.75 Å². The molecular weight excluding hydrogens is 386 g/mol. The maximum Gasteiger partial charge on any atom is 0.343 e. The van der Waals surface area contributed by atoms with E-state index in [2.05, 4.69) is 10.6 Å². The van der Waals surface area contributed by atoms with Crippen LogP contribution in [0.1, 0.15) is 42.1 Å². The van der Waals surface area contributed by atoms with Crippen LogP contribution in [0, 0.1) is 0 Å². The van der Waals surface area contributed by atoms with Gasteiger partial charge in [0.1, 0.15) is 5.75 Å². The number of likely N-dealkylation sites (tertiary alicyclic amines) is 1. The van der Waals surface area contributed by atoms with E-state index in [9.17, 15) is 19.2 Å². The number of amides is 4. The molecule has 1 aliphatic rings. The Morgan fingerprint density at radius 1 is 1.03 bits per heavy atom. The van der Waals surface area contributed by atoms with E-state index in [4.69, 9.17) is 4.74 Å². The van der Waals surface area contributed by atoms with Gasteiger partial charge in [-0.3, -0.25) is 14.5 Å². The number of ether oxygens (including phenoxy) is 1. The van der Waals surface area contributed by atoms with Gasteiger partial charge in [0.05, 0.1) is 12.1 Å². The van der Waals surface area contributed by atoms with Gasteiger partial charge in [0.25, 0.3) is 0 Å². The van der Waals surface area contributed by atoms with Crippen molar-refractivity contribution in [3.05, 3.63) is 59.7 Å². The largest absolute Gasteiger partial charge is 0.423 e. The molecule has 0 aliphatic carbocycles. The molecule has 0 radical (unpaired) electrons. The van der Waals surface area contributed by atoms with E-state index in [0.29, 0.717) is 23.5 Å². The van der Waals surface area contributed by atoms with Crippen molar-refractivity contribution in [1.82, 2.24) is 10.2 Å². The molecule has 0 unspecified atom stereocenters. The topological polar surface area (TPSA) is 105 Å². The Labute approximate surface area is 174 Å². The SMILES string of the molecule is CCCNC(=O)Nc1cccc(OC(=O)c2ccc(CN3C(=O)CCC3=O)cc2)c1. The van der Waals surface area contributed by atoms with Crippen LogP contribution >= 0.6 is 0 Å². The third-order valence-corrected chi connectivity index (χ3v) is 4.52. The molecule has 0 bridgehead atoms. The van der Waals surface area contributed by atoms with Crippen LogP contribution in [0.25, 0.3) is 0 Å². The molecule has 1 aliphatic heterocycles. The second kappa shape index (κ2) is 9.69. The van der Waals surface area contributed by atoms with Gasteiger partial charge in [0.15, 0.2) is 0 Å². The first-order chi connectivity index (χ1) is 14.5. The average Bonchev–Trinajstić information content (AvgIpc) is 3.05. The van der Waals surface area contributed by atoms with Gasteiger partial charge >= 0.3 is 12.0 Å². The standard InChI is InChI=1S/C22H23N3O5/c1-2-12-23-22(29)24-17-4-3-5-18(13-17)30-21(28)16-8-6-15(7-9-16)14-25-19(26)10-11-20(25)27/h3-9,13H,2,10-12,14H2,1H3,(H2,23,24,29). The average molecular weight is 409 g/mol. The molecule has 2 aromatic rings. The number of carbonyl (C=O) groups is 4. The molecule has 0 atom stereocenters. The fraction of sp³-hybridized carbons (Fsp3) is 0.273. The lowest BCUT2D eigenvalue weighted by Crippen LogP contribution is -2.29. The Kier molecular flexibility index (Phi) is 6.79. The lowest BCUT2D eigenvalue weighted by Gasteiger charge is -2.14. The van der Waals surface area contributed by atoms with Gasteiger partial charge in [0.2, 0.25) is 11.8 Å². The van der Waals surface area contributed by atoms with Gasteiger partial charge in [-0.15, -0.1) is 0 Å². The number of imide groups is 1. The maximum absolute atomic E-state index is 12.4. The predicted molar refractivity (Wildman–Crippen MR) is 110 cm³/mol. The summed E-state index contributed by atoms with van der Waals surface area (Å²) < 4.78 is 5.38. The van der Waals surface area contributed by atoms with Crippen molar-refractivity contribution in [2.24, 2.45) is 0 Å². The van der Waals surface area contributed by atoms with Gasteiger partial charge in [-0.1, -0.05) is 25.1 Å². The fourth-order valence-corrected chi connectivity index (χ4v) is 2.95. The Hall–Kier alpha value is -3.68. The van der Waals surface area contributed by atoms with Crippen LogP contribution in [0.4, 0.5) is 10.5 Å². The van der Waals surface area contributed by atoms with Gasteiger partial charge in [-0.2, -0.15) is 0 Å². The second-order valence-corrected chi connectivity index (χ2v) is 6.87. The van der Waals surface area contributed by atoms with E-state index < -0.39 is 5.97 Å². The molecule has 156 valence electrons. The summed E-state index contributed by atoms with van der Waals surface area (Å²) in [7, 11) is 0. The molecule has 4 amide bonds. The molecule has 0 saturated carbocycles. The molecule has 1 heterocycles. The number of carbonyl (C=O) groups excluding carboxylic acids is 4. The van der Waals surface area contributed by atoms with Crippen LogP contribution in [0.5, 0.6) is 5.75 Å². The predicted octanol–water partition coefficient (Wildman–Crippen LogP) is 3.09. The highest BCUT2D eigenvalue weighted by Crippen LogP contribution is 2.20. The second-order valence-electron chi connectivity index (χ2n) is 6.87. The number of benzene rings is 2. The summed E-state index contributed by atoms with van der Waals surface area (Å²) in [6, 6.07) is 12.8. The Bertz CT molecular complexity index is 940. The minimum atomic E-state index is -0.553. The minimum absolute atomic E-state index is 0.180. The first-order valence-electron chi connectivity index (χ1n) is 9.75. The summed E-state index contributed by atoms with van der Waals surface area (Å²) in [6.07, 6.45) is 1.32. The third-order valence-electron chi connectivity index (χ3n) is 4.52. The molecule has 1 fully saturated rings. The van der Waals surface area contributed by atoms with Crippen LogP contribution < -0.4 is 15.4 Å². The molecule has 2 N–H and O–H groups in total. The highest BCUT2D eigenvalue weighted by molar-refractivity contribution is 6.01. The zero-order valence-electron chi connectivity index (χ0n) is 16.6. The van der Waals surface area contributed by atoms with E-state index in [-0.39, 0.29) is 37.2 Å². The zero-order chi connectivity index (χ0) is 21.5. The molecule has 0 spiro atoms. The summed E-state index contributed by atoms with van der Waals surface area (Å²) in [5.74, 6) is -0.617. The third kappa shape index (κ3) is 5.44. The molecule has 3 rings (SSSR count). The molecule has 8 heteroatoms. The normalized spacial score (nSPS) is 13.3. The molecule has 2 aromatic carbocycles. The number of esters is 1. The molecule has 1 saturated heterocycles. The van der Waals surface area contributed by atoms with Crippen LogP contribution in [0.2, 0.25) is 0 Å². The van der Waals surface area contributed by atoms with E-state index >= 15 is 0 Å². The van der Waals surface area contributed by atoms with Gasteiger partial charge < -0.3 is 15.4 Å². The number of rotatable bonds is 7. The quantitative estimate of drug-likeness (QED) is 0.415. The number of hydrogen-bond donors (Lipinski definition) is 2. The van der Waals surface area contributed by atoms with Crippen LogP contribution in [0.3, 0.4) is 0 Å². The molecule has 8 nitrogen and oxygen atoms in total. The lowest BCUT2D eigenvalue weighted by atomic mass is 10.1. The first kappa shape index (κ1) is 21.0. The molecular formula is C22H23N3O5. The van der Waals surface area contributed by atoms with E-state index in [1.54, 1.807) is 48.5 Å². The van der Waals surface area contributed by atoms with E-state index in [1.807, 2.05) is 6.92 Å². The van der Waals surface area contributed by atoms with Crippen molar-refractivity contribution in [1.29, 1.82) is 0 Å². The van der Waals surface area contributed by atoms with Crippen molar-refractivity contribution in [2.75, 3.05) is 11.9 Å². The number of nitrogens with one attached hydrogen (secondary N) is 2. The Morgan fingerprint density at radius 2 is 1.73 bits per heavy atom. The summed E-state index contributed by atoms with van der Waals surface area (Å²) in [6.45, 7) is 2.72. The first-order valence-corrected chi connectivity index (χ1v) is 9.75. The Morgan fingerprint density at radius 3 is 2.40 bits per heavy atom. The van der Waals surface area contributed by atoms with E-state index in [0.717, 1.165) is 12.0 Å². The van der Waals surface area contributed by atoms with E-state index in [1.165, 1.54) is 4.90 Å². The van der Waals surface area contributed by atoms with Crippen molar-refractivity contribution in [2.45, 2.75) is 32.7 Å². The van der Waals surface area contributed by atoms with Crippen LogP contribution in [-0.4, -0.2) is 35.3 Å². The Balaban J connectivity index is 1.59. The summed E-state index contributed by atoms with van der Waals surface area (Å²) in [5.41, 5.74) is 1.58. The maximum atomic E-state index is 12.4. The monoisotopic (exact) mass is 409 g/mol. The van der Waals surface area contributed by atoms with Crippen LogP contribution in [-0.2, 0) is 16.1 Å². The summed E-state index contributed by atoms with van der Waals surface area (Å²) in [4.78, 5) is 48.8. The van der Waals surface area contributed by atoms with Crippen LogP contribution in [0.15, 0.2) is 48.5 Å². The summed E-state index contributed by atoms with van der Waals surface area (Å²) in [5, 5.41) is 5.38. The number of hydrogen-bond acceptors (Lipinski definition) is 5. The zero-order valence-corrected chi connectivity index (χ0v) is 16.6. The highest BCUT2D eigenvalue weighted by Gasteiger charge is 2.28. The summed E-state index contributed by atoms with van der Waals surface area (Å²) >= 11 is 0. The van der Waals surface area contributed by atoms with Gasteiger partial charge in [-0.25, -0.2) is 9.59 Å². The van der Waals surface area contributed by atoms with Crippen molar-refractivity contribution in [3.63, 3.8) is 0 Å².